The lowest BCUT2D eigenvalue weighted by atomic mass is 9.49. The molecule has 9 rings (SSSR count). The lowest BCUT2D eigenvalue weighted by Gasteiger charge is -2.56. The molecule has 8 bridgehead atoms. The van der Waals surface area contributed by atoms with Crippen molar-refractivity contribution in [3.63, 3.8) is 0 Å². The van der Waals surface area contributed by atoms with Crippen LogP contribution in [0.25, 0.3) is 0 Å². The zero-order valence-electron chi connectivity index (χ0n) is 19.0. The second-order valence-corrected chi connectivity index (χ2v) is 13.5. The molecule has 2 amide bonds. The average Bonchev–Trinajstić information content (AvgIpc) is 3.12. The predicted molar refractivity (Wildman–Crippen MR) is 119 cm³/mol. The van der Waals surface area contributed by atoms with Crippen molar-refractivity contribution in [1.29, 1.82) is 0 Å². The third-order valence-corrected chi connectivity index (χ3v) is 11.1. The predicted octanol–water partition coefficient (Wildman–Crippen LogP) is 4.57. The number of rotatable bonds is 4. The molecule has 31 heavy (non-hydrogen) atoms. The van der Waals surface area contributed by atoms with E-state index in [0.717, 1.165) is 93.3 Å². The van der Waals surface area contributed by atoms with Crippen LogP contribution < -0.4 is 10.6 Å². The van der Waals surface area contributed by atoms with Crippen LogP contribution in [0.5, 0.6) is 0 Å². The number of nitrogens with one attached hydrogen (secondary N) is 2. The Morgan fingerprint density at radius 1 is 0.484 bits per heavy atom. The van der Waals surface area contributed by atoms with E-state index in [1.807, 2.05) is 0 Å². The summed E-state index contributed by atoms with van der Waals surface area (Å²) in [4.78, 5) is 26.8. The Kier molecular flexibility index (Phi) is 4.21. The van der Waals surface area contributed by atoms with Crippen molar-refractivity contribution in [3.05, 3.63) is 0 Å². The maximum Gasteiger partial charge on any atom is 0.226 e. The van der Waals surface area contributed by atoms with Gasteiger partial charge in [0, 0.05) is 22.9 Å². The van der Waals surface area contributed by atoms with Crippen LogP contribution in [-0.4, -0.2) is 23.9 Å². The average molecular weight is 425 g/mol. The zero-order valence-corrected chi connectivity index (χ0v) is 19.0. The van der Waals surface area contributed by atoms with E-state index in [0.29, 0.717) is 11.8 Å². The first kappa shape index (κ1) is 19.4. The summed E-state index contributed by atoms with van der Waals surface area (Å²) in [6, 6.07) is 0.532. The quantitative estimate of drug-likeness (QED) is 0.694. The SMILES string of the molecule is O=C(NC1CCC(NC(=O)C23CC4CC(CC(C4)C2)C3)C1)C12CC3CC(CC(C3)C1)C2. The lowest BCUT2D eigenvalue weighted by Crippen LogP contribution is -2.55. The van der Waals surface area contributed by atoms with Gasteiger partial charge in [-0.25, -0.2) is 0 Å². The molecule has 4 heteroatoms. The Morgan fingerprint density at radius 3 is 1.06 bits per heavy atom. The molecule has 0 aliphatic heterocycles. The van der Waals surface area contributed by atoms with Crippen LogP contribution in [0.3, 0.4) is 0 Å². The van der Waals surface area contributed by atoms with Crippen molar-refractivity contribution in [2.45, 2.75) is 108 Å². The number of hydrogen-bond acceptors (Lipinski definition) is 2. The van der Waals surface area contributed by atoms with Gasteiger partial charge in [0.05, 0.1) is 0 Å². The Bertz CT molecular complexity index is 654. The van der Waals surface area contributed by atoms with Crippen LogP contribution in [0.1, 0.15) is 96.3 Å². The third kappa shape index (κ3) is 3.13. The molecule has 2 unspecified atom stereocenters. The van der Waals surface area contributed by atoms with E-state index in [1.54, 1.807) is 0 Å². The van der Waals surface area contributed by atoms with Gasteiger partial charge in [0.1, 0.15) is 0 Å². The van der Waals surface area contributed by atoms with Gasteiger partial charge < -0.3 is 10.6 Å². The van der Waals surface area contributed by atoms with E-state index < -0.39 is 0 Å². The van der Waals surface area contributed by atoms with Gasteiger partial charge in [-0.15, -0.1) is 0 Å². The highest BCUT2D eigenvalue weighted by Gasteiger charge is 2.56. The summed E-state index contributed by atoms with van der Waals surface area (Å²) in [5.41, 5.74) is -0.0927. The molecule has 170 valence electrons. The van der Waals surface area contributed by atoms with E-state index in [-0.39, 0.29) is 22.9 Å². The topological polar surface area (TPSA) is 58.2 Å². The first-order chi connectivity index (χ1) is 15.0. The highest BCUT2D eigenvalue weighted by atomic mass is 16.2. The number of hydrogen-bond donors (Lipinski definition) is 2. The van der Waals surface area contributed by atoms with E-state index >= 15 is 0 Å². The fourth-order valence-corrected chi connectivity index (χ4v) is 10.7. The van der Waals surface area contributed by atoms with Gasteiger partial charge in [0.25, 0.3) is 0 Å². The molecule has 9 aliphatic rings. The van der Waals surface area contributed by atoms with Gasteiger partial charge in [-0.2, -0.15) is 0 Å². The summed E-state index contributed by atoms with van der Waals surface area (Å²) < 4.78 is 0. The highest BCUT2D eigenvalue weighted by Crippen LogP contribution is 2.61. The van der Waals surface area contributed by atoms with E-state index in [9.17, 15) is 9.59 Å². The lowest BCUT2D eigenvalue weighted by molar-refractivity contribution is -0.147. The number of carbonyl (C=O) groups is 2. The Labute approximate surface area is 187 Å². The van der Waals surface area contributed by atoms with Crippen molar-refractivity contribution in [2.75, 3.05) is 0 Å². The molecule has 0 aromatic carbocycles. The molecule has 9 aliphatic carbocycles. The van der Waals surface area contributed by atoms with Crippen molar-refractivity contribution < 1.29 is 9.59 Å². The minimum atomic E-state index is -0.0463. The van der Waals surface area contributed by atoms with Crippen LogP contribution in [0, 0.1) is 46.3 Å². The summed E-state index contributed by atoms with van der Waals surface area (Å²) in [6.45, 7) is 0. The summed E-state index contributed by atoms with van der Waals surface area (Å²) in [7, 11) is 0. The maximum atomic E-state index is 13.4. The van der Waals surface area contributed by atoms with Crippen LogP contribution >= 0.6 is 0 Å². The van der Waals surface area contributed by atoms with Gasteiger partial charge in [-0.3, -0.25) is 9.59 Å². The first-order valence-electron chi connectivity index (χ1n) is 13.6. The van der Waals surface area contributed by atoms with Gasteiger partial charge >= 0.3 is 0 Å². The fraction of sp³-hybridized carbons (Fsp3) is 0.926. The van der Waals surface area contributed by atoms with Gasteiger partial charge in [0.15, 0.2) is 0 Å². The highest BCUT2D eigenvalue weighted by molar-refractivity contribution is 5.84. The number of carbonyl (C=O) groups excluding carboxylic acids is 2. The van der Waals surface area contributed by atoms with E-state index in [4.69, 9.17) is 0 Å². The van der Waals surface area contributed by atoms with Crippen molar-refractivity contribution in [1.82, 2.24) is 10.6 Å². The number of amides is 2. The minimum Gasteiger partial charge on any atom is -0.353 e. The van der Waals surface area contributed by atoms with E-state index in [1.165, 1.54) is 38.5 Å². The summed E-state index contributed by atoms with van der Waals surface area (Å²) in [5.74, 6) is 5.61. The van der Waals surface area contributed by atoms with Gasteiger partial charge in [-0.1, -0.05) is 0 Å². The van der Waals surface area contributed by atoms with Crippen molar-refractivity contribution in [3.8, 4) is 0 Å². The van der Waals surface area contributed by atoms with Gasteiger partial charge in [0.2, 0.25) is 11.8 Å². The molecular weight excluding hydrogens is 384 g/mol. The normalized spacial score (nSPS) is 53.7. The Morgan fingerprint density at radius 2 is 0.774 bits per heavy atom. The molecule has 0 spiro atoms. The standard InChI is InChI=1S/C27H40N2O2/c30-24(26-10-16-3-17(11-26)5-18(4-16)12-26)28-22-1-2-23(9-22)29-25(31)27-13-19-6-20(14-27)8-21(7-19)15-27/h16-23H,1-15H2,(H,28,30)(H,29,31). The molecular formula is C27H40N2O2. The second-order valence-electron chi connectivity index (χ2n) is 13.5. The zero-order chi connectivity index (χ0) is 20.8. The molecule has 2 atom stereocenters. The van der Waals surface area contributed by atoms with E-state index in [2.05, 4.69) is 10.6 Å². The minimum absolute atomic E-state index is 0.0463. The molecule has 4 nitrogen and oxygen atoms in total. The Hall–Kier alpha value is -1.06. The van der Waals surface area contributed by atoms with Crippen molar-refractivity contribution in [2.24, 2.45) is 46.3 Å². The molecule has 2 N–H and O–H groups in total. The second kappa shape index (κ2) is 6.73. The monoisotopic (exact) mass is 424 g/mol. The van der Waals surface area contributed by atoms with Crippen LogP contribution in [0.4, 0.5) is 0 Å². The molecule has 0 saturated heterocycles. The fourth-order valence-electron chi connectivity index (χ4n) is 10.7. The molecule has 0 aromatic heterocycles. The smallest absolute Gasteiger partial charge is 0.226 e. The first-order valence-corrected chi connectivity index (χ1v) is 13.6. The molecule has 0 heterocycles. The van der Waals surface area contributed by atoms with Crippen LogP contribution in [0.15, 0.2) is 0 Å². The van der Waals surface area contributed by atoms with Crippen LogP contribution in [-0.2, 0) is 9.59 Å². The van der Waals surface area contributed by atoms with Crippen molar-refractivity contribution >= 4 is 11.8 Å². The Balaban J connectivity index is 0.967. The molecule has 0 radical (unpaired) electrons. The van der Waals surface area contributed by atoms with Crippen LogP contribution in [0.2, 0.25) is 0 Å². The summed E-state index contributed by atoms with van der Waals surface area (Å²) in [6.07, 6.45) is 18.2. The van der Waals surface area contributed by atoms with Gasteiger partial charge in [-0.05, 0) is 132 Å². The molecule has 0 aromatic rings. The summed E-state index contributed by atoms with van der Waals surface area (Å²) in [5, 5.41) is 6.97. The maximum absolute atomic E-state index is 13.4. The largest absolute Gasteiger partial charge is 0.353 e. The third-order valence-electron chi connectivity index (χ3n) is 11.1. The molecule has 9 saturated carbocycles. The molecule has 9 fully saturated rings. The summed E-state index contributed by atoms with van der Waals surface area (Å²) >= 11 is 0.